The van der Waals surface area contributed by atoms with Gasteiger partial charge in [-0.25, -0.2) is 14.3 Å². The third kappa shape index (κ3) is 3.90. The number of amides is 2. The van der Waals surface area contributed by atoms with E-state index < -0.39 is 0 Å². The summed E-state index contributed by atoms with van der Waals surface area (Å²) >= 11 is 0. The summed E-state index contributed by atoms with van der Waals surface area (Å²) in [6, 6.07) is 4.28. The van der Waals surface area contributed by atoms with Gasteiger partial charge in [0.1, 0.15) is 11.6 Å². The van der Waals surface area contributed by atoms with E-state index in [0.717, 1.165) is 23.5 Å². The number of carbonyl (C=O) groups excluding carboxylic acids is 1. The molecular formula is C18H24N6O. The van der Waals surface area contributed by atoms with Crippen LogP contribution in [0.2, 0.25) is 0 Å². The standard InChI is InChI=1S/C18H24N6O/c1-11-9-12(2)24-17(21-11)15(10-19)16(23-24)5-4-8-20-18(25)22-13(3)14-6-7-14/h9,13-14H,4-8H2,1-3H3,(H2,20,22,25). The second-order valence-corrected chi connectivity index (χ2v) is 6.84. The first-order valence-electron chi connectivity index (χ1n) is 8.80. The summed E-state index contributed by atoms with van der Waals surface area (Å²) in [4.78, 5) is 16.3. The molecule has 0 aromatic carbocycles. The number of rotatable bonds is 6. The lowest BCUT2D eigenvalue weighted by molar-refractivity contribution is 0.236. The van der Waals surface area contributed by atoms with Crippen molar-refractivity contribution in [1.82, 2.24) is 25.2 Å². The van der Waals surface area contributed by atoms with Crippen molar-refractivity contribution in [2.45, 2.75) is 52.5 Å². The van der Waals surface area contributed by atoms with Gasteiger partial charge in [-0.2, -0.15) is 10.4 Å². The largest absolute Gasteiger partial charge is 0.338 e. The molecule has 2 amide bonds. The predicted molar refractivity (Wildman–Crippen MR) is 94.2 cm³/mol. The van der Waals surface area contributed by atoms with E-state index >= 15 is 0 Å². The number of hydrogen-bond donors (Lipinski definition) is 2. The Morgan fingerprint density at radius 1 is 1.48 bits per heavy atom. The van der Waals surface area contributed by atoms with Crippen molar-refractivity contribution in [3.63, 3.8) is 0 Å². The van der Waals surface area contributed by atoms with Crippen LogP contribution in [-0.2, 0) is 6.42 Å². The number of fused-ring (bicyclic) bond motifs is 1. The molecule has 1 fully saturated rings. The molecule has 0 bridgehead atoms. The molecule has 1 aliphatic rings. The van der Waals surface area contributed by atoms with Crippen LogP contribution >= 0.6 is 0 Å². The summed E-state index contributed by atoms with van der Waals surface area (Å²) in [6.45, 7) is 6.45. The number of aromatic nitrogens is 3. The molecule has 7 heteroatoms. The molecule has 0 saturated heterocycles. The number of nitriles is 1. The van der Waals surface area contributed by atoms with Crippen molar-refractivity contribution in [3.8, 4) is 6.07 Å². The topological polar surface area (TPSA) is 95.1 Å². The highest BCUT2D eigenvalue weighted by Gasteiger charge is 2.28. The van der Waals surface area contributed by atoms with E-state index in [2.05, 4.69) is 26.8 Å². The van der Waals surface area contributed by atoms with Gasteiger partial charge >= 0.3 is 6.03 Å². The van der Waals surface area contributed by atoms with Gasteiger partial charge in [0.25, 0.3) is 0 Å². The molecule has 1 saturated carbocycles. The summed E-state index contributed by atoms with van der Waals surface area (Å²) in [6.07, 6.45) is 3.77. The maximum Gasteiger partial charge on any atom is 0.315 e. The Bertz CT molecular complexity index is 830. The first kappa shape index (κ1) is 17.2. The number of carbonyl (C=O) groups is 1. The quantitative estimate of drug-likeness (QED) is 0.789. The van der Waals surface area contributed by atoms with Crippen LogP contribution in [0.15, 0.2) is 6.07 Å². The van der Waals surface area contributed by atoms with Gasteiger partial charge in [-0.15, -0.1) is 0 Å². The summed E-state index contributed by atoms with van der Waals surface area (Å²) in [5.74, 6) is 0.640. The van der Waals surface area contributed by atoms with Crippen LogP contribution in [0.25, 0.3) is 5.65 Å². The molecule has 1 unspecified atom stereocenters. The zero-order valence-electron chi connectivity index (χ0n) is 15.0. The molecule has 7 nitrogen and oxygen atoms in total. The number of urea groups is 1. The predicted octanol–water partition coefficient (Wildman–Crippen LogP) is 2.25. The van der Waals surface area contributed by atoms with Crippen LogP contribution in [0.3, 0.4) is 0 Å². The van der Waals surface area contributed by atoms with Gasteiger partial charge in [-0.1, -0.05) is 0 Å². The molecular weight excluding hydrogens is 316 g/mol. The smallest absolute Gasteiger partial charge is 0.315 e. The van der Waals surface area contributed by atoms with Crippen LogP contribution in [0.4, 0.5) is 4.79 Å². The average Bonchev–Trinajstić information content (AvgIpc) is 3.34. The summed E-state index contributed by atoms with van der Waals surface area (Å²) in [5.41, 5.74) is 3.70. The molecule has 1 atom stereocenters. The van der Waals surface area contributed by atoms with Gasteiger partial charge in [0.15, 0.2) is 5.65 Å². The monoisotopic (exact) mass is 340 g/mol. The van der Waals surface area contributed by atoms with Crippen LogP contribution in [-0.4, -0.2) is 33.2 Å². The molecule has 0 aliphatic heterocycles. The first-order chi connectivity index (χ1) is 12.0. The zero-order chi connectivity index (χ0) is 18.0. The lowest BCUT2D eigenvalue weighted by Gasteiger charge is -2.13. The average molecular weight is 340 g/mol. The Morgan fingerprint density at radius 3 is 2.92 bits per heavy atom. The highest BCUT2D eigenvalue weighted by Crippen LogP contribution is 2.32. The molecule has 0 radical (unpaired) electrons. The molecule has 2 heterocycles. The summed E-state index contributed by atoms with van der Waals surface area (Å²) in [7, 11) is 0. The highest BCUT2D eigenvalue weighted by atomic mass is 16.2. The van der Waals surface area contributed by atoms with Gasteiger partial charge in [-0.3, -0.25) is 0 Å². The van der Waals surface area contributed by atoms with E-state index in [1.165, 1.54) is 12.8 Å². The zero-order valence-corrected chi connectivity index (χ0v) is 15.0. The van der Waals surface area contributed by atoms with E-state index in [4.69, 9.17) is 0 Å². The van der Waals surface area contributed by atoms with Crippen LogP contribution in [0, 0.1) is 31.1 Å². The molecule has 2 N–H and O–H groups in total. The van der Waals surface area contributed by atoms with Gasteiger partial charge < -0.3 is 10.6 Å². The van der Waals surface area contributed by atoms with Crippen molar-refractivity contribution < 1.29 is 4.79 Å². The number of hydrogen-bond acceptors (Lipinski definition) is 4. The summed E-state index contributed by atoms with van der Waals surface area (Å²) in [5, 5.41) is 19.8. The van der Waals surface area contributed by atoms with E-state index in [-0.39, 0.29) is 12.1 Å². The number of nitrogens with one attached hydrogen (secondary N) is 2. The van der Waals surface area contributed by atoms with E-state index in [1.807, 2.05) is 26.8 Å². The lowest BCUT2D eigenvalue weighted by Crippen LogP contribution is -2.42. The van der Waals surface area contributed by atoms with E-state index in [1.54, 1.807) is 4.52 Å². The fraction of sp³-hybridized carbons (Fsp3) is 0.556. The van der Waals surface area contributed by atoms with Crippen molar-refractivity contribution >= 4 is 11.7 Å². The minimum absolute atomic E-state index is 0.122. The lowest BCUT2D eigenvalue weighted by atomic mass is 10.1. The molecule has 3 rings (SSSR count). The van der Waals surface area contributed by atoms with Gasteiger partial charge in [0, 0.05) is 24.0 Å². The fourth-order valence-corrected chi connectivity index (χ4v) is 3.08. The maximum absolute atomic E-state index is 11.8. The van der Waals surface area contributed by atoms with E-state index in [9.17, 15) is 10.1 Å². The minimum Gasteiger partial charge on any atom is -0.338 e. The first-order valence-corrected chi connectivity index (χ1v) is 8.80. The summed E-state index contributed by atoms with van der Waals surface area (Å²) < 4.78 is 1.72. The molecule has 0 spiro atoms. The normalized spacial score (nSPS) is 15.0. The van der Waals surface area contributed by atoms with Crippen molar-refractivity contribution in [2.75, 3.05) is 6.54 Å². The number of aryl methyl sites for hydroxylation is 3. The third-order valence-electron chi connectivity index (χ3n) is 4.64. The molecule has 25 heavy (non-hydrogen) atoms. The van der Waals surface area contributed by atoms with Crippen LogP contribution in [0.5, 0.6) is 0 Å². The van der Waals surface area contributed by atoms with Crippen LogP contribution < -0.4 is 10.6 Å². The molecule has 132 valence electrons. The maximum atomic E-state index is 11.8. The SMILES string of the molecule is Cc1cc(C)n2nc(CCCNC(=O)NC(C)C3CC3)c(C#N)c2n1. The van der Waals surface area contributed by atoms with Gasteiger partial charge in [0.2, 0.25) is 0 Å². The Balaban J connectivity index is 1.57. The third-order valence-corrected chi connectivity index (χ3v) is 4.64. The van der Waals surface area contributed by atoms with Crippen LogP contribution in [0.1, 0.15) is 48.8 Å². The molecule has 2 aromatic rings. The molecule has 1 aliphatic carbocycles. The second kappa shape index (κ2) is 7.09. The van der Waals surface area contributed by atoms with Gasteiger partial charge in [-0.05, 0) is 58.4 Å². The minimum atomic E-state index is -0.122. The second-order valence-electron chi connectivity index (χ2n) is 6.84. The Hall–Kier alpha value is -2.62. The van der Waals surface area contributed by atoms with Crippen molar-refractivity contribution in [3.05, 3.63) is 28.7 Å². The Labute approximate surface area is 147 Å². The molecule has 2 aromatic heterocycles. The fourth-order valence-electron chi connectivity index (χ4n) is 3.08. The highest BCUT2D eigenvalue weighted by molar-refractivity contribution is 5.74. The Morgan fingerprint density at radius 2 is 2.24 bits per heavy atom. The van der Waals surface area contributed by atoms with Crippen molar-refractivity contribution in [2.24, 2.45) is 5.92 Å². The number of nitrogens with zero attached hydrogens (tertiary/aromatic N) is 4. The Kier molecular flexibility index (Phi) is 4.88. The van der Waals surface area contributed by atoms with Crippen molar-refractivity contribution in [1.29, 1.82) is 5.26 Å². The van der Waals surface area contributed by atoms with Gasteiger partial charge in [0.05, 0.1) is 5.69 Å². The van der Waals surface area contributed by atoms with E-state index in [0.29, 0.717) is 30.1 Å².